The molecule has 2 rings (SSSR count). The second-order valence-corrected chi connectivity index (χ2v) is 3.62. The van der Waals surface area contributed by atoms with Crippen molar-refractivity contribution in [1.82, 2.24) is 5.32 Å². The highest BCUT2D eigenvalue weighted by Crippen LogP contribution is 2.13. The van der Waals surface area contributed by atoms with Crippen molar-refractivity contribution in [3.05, 3.63) is 0 Å². The molecule has 0 saturated carbocycles. The summed E-state index contributed by atoms with van der Waals surface area (Å²) < 4.78 is 10.5. The van der Waals surface area contributed by atoms with Crippen molar-refractivity contribution < 1.29 is 14.3 Å². The highest BCUT2D eigenvalue weighted by atomic mass is 16.6. The quantitative estimate of drug-likeness (QED) is 0.625. The van der Waals surface area contributed by atoms with Gasteiger partial charge < -0.3 is 14.8 Å². The van der Waals surface area contributed by atoms with Crippen molar-refractivity contribution in [2.75, 3.05) is 26.3 Å². The van der Waals surface area contributed by atoms with E-state index in [0.717, 1.165) is 32.5 Å². The molecule has 74 valence electrons. The molecule has 0 bridgehead atoms. The van der Waals surface area contributed by atoms with Crippen LogP contribution in [0.1, 0.15) is 12.8 Å². The van der Waals surface area contributed by atoms with E-state index in [-0.39, 0.29) is 18.0 Å². The van der Waals surface area contributed by atoms with Gasteiger partial charge in [0.15, 0.2) is 0 Å². The Bertz CT molecular complexity index is 185. The summed E-state index contributed by atoms with van der Waals surface area (Å²) >= 11 is 0. The molecular weight excluding hydrogens is 170 g/mol. The molecule has 1 N–H and O–H groups in total. The van der Waals surface area contributed by atoms with E-state index in [2.05, 4.69) is 5.32 Å². The number of carbonyl (C=O) groups is 1. The number of hydrogen-bond acceptors (Lipinski definition) is 4. The van der Waals surface area contributed by atoms with Gasteiger partial charge in [-0.1, -0.05) is 0 Å². The average molecular weight is 185 g/mol. The third kappa shape index (κ3) is 2.19. The number of carbonyl (C=O) groups excluding carboxylic acids is 1. The van der Waals surface area contributed by atoms with E-state index < -0.39 is 0 Å². The van der Waals surface area contributed by atoms with Crippen molar-refractivity contribution in [2.45, 2.75) is 18.9 Å². The van der Waals surface area contributed by atoms with Gasteiger partial charge in [0.05, 0.1) is 12.0 Å². The van der Waals surface area contributed by atoms with E-state index in [1.807, 2.05) is 0 Å². The van der Waals surface area contributed by atoms with Crippen LogP contribution in [0.4, 0.5) is 0 Å². The van der Waals surface area contributed by atoms with E-state index in [1.54, 1.807) is 0 Å². The van der Waals surface area contributed by atoms with Crippen molar-refractivity contribution in [2.24, 2.45) is 5.92 Å². The smallest absolute Gasteiger partial charge is 0.311 e. The van der Waals surface area contributed by atoms with E-state index in [0.29, 0.717) is 6.61 Å². The van der Waals surface area contributed by atoms with Gasteiger partial charge in [0.25, 0.3) is 0 Å². The van der Waals surface area contributed by atoms with Crippen LogP contribution >= 0.6 is 0 Å². The summed E-state index contributed by atoms with van der Waals surface area (Å²) in [6, 6.07) is 0. The third-order valence-electron chi connectivity index (χ3n) is 2.55. The van der Waals surface area contributed by atoms with Gasteiger partial charge in [0, 0.05) is 19.7 Å². The van der Waals surface area contributed by atoms with E-state index in [4.69, 9.17) is 9.47 Å². The van der Waals surface area contributed by atoms with Crippen LogP contribution < -0.4 is 5.32 Å². The van der Waals surface area contributed by atoms with Crippen molar-refractivity contribution in [3.63, 3.8) is 0 Å². The molecule has 4 heteroatoms. The number of hydrogen-bond donors (Lipinski definition) is 1. The number of esters is 1. The summed E-state index contributed by atoms with van der Waals surface area (Å²) in [5.41, 5.74) is 0. The van der Waals surface area contributed by atoms with Crippen LogP contribution in [0.25, 0.3) is 0 Å². The molecule has 2 heterocycles. The molecule has 2 aliphatic rings. The van der Waals surface area contributed by atoms with E-state index in [9.17, 15) is 4.79 Å². The van der Waals surface area contributed by atoms with Crippen LogP contribution in [-0.2, 0) is 14.3 Å². The first-order chi connectivity index (χ1) is 6.36. The van der Waals surface area contributed by atoms with Crippen molar-refractivity contribution in [1.29, 1.82) is 0 Å². The molecule has 0 aromatic carbocycles. The Morgan fingerprint density at radius 1 is 1.54 bits per heavy atom. The second-order valence-electron chi connectivity index (χ2n) is 3.62. The Morgan fingerprint density at radius 3 is 2.92 bits per heavy atom. The fourth-order valence-electron chi connectivity index (χ4n) is 1.52. The van der Waals surface area contributed by atoms with E-state index in [1.165, 1.54) is 0 Å². The maximum Gasteiger partial charge on any atom is 0.311 e. The van der Waals surface area contributed by atoms with Crippen LogP contribution in [0.15, 0.2) is 0 Å². The molecule has 1 unspecified atom stereocenters. The lowest BCUT2D eigenvalue weighted by Gasteiger charge is -2.25. The fourth-order valence-corrected chi connectivity index (χ4v) is 1.52. The minimum atomic E-state index is -0.0748. The molecule has 0 aromatic heterocycles. The van der Waals surface area contributed by atoms with Crippen molar-refractivity contribution in [3.8, 4) is 0 Å². The van der Waals surface area contributed by atoms with Gasteiger partial charge in [-0.15, -0.1) is 0 Å². The minimum absolute atomic E-state index is 0.0748. The molecule has 4 nitrogen and oxygen atoms in total. The molecule has 1 atom stereocenters. The van der Waals surface area contributed by atoms with Crippen LogP contribution in [0, 0.1) is 5.92 Å². The number of nitrogens with one attached hydrogen (secondary N) is 1. The summed E-state index contributed by atoms with van der Waals surface area (Å²) in [7, 11) is 0. The minimum Gasteiger partial charge on any atom is -0.463 e. The number of rotatable bonds is 3. The van der Waals surface area contributed by atoms with Crippen LogP contribution in [0.2, 0.25) is 0 Å². The summed E-state index contributed by atoms with van der Waals surface area (Å²) in [5, 5.41) is 3.04. The van der Waals surface area contributed by atoms with Crippen molar-refractivity contribution >= 4 is 5.97 Å². The predicted octanol–water partition coefficient (Wildman–Crippen LogP) is -0.0720. The average Bonchev–Trinajstić information content (AvgIpc) is 2.49. The lowest BCUT2D eigenvalue weighted by Crippen LogP contribution is -2.47. The Morgan fingerprint density at radius 2 is 2.38 bits per heavy atom. The lowest BCUT2D eigenvalue weighted by molar-refractivity contribution is -0.153. The van der Waals surface area contributed by atoms with Gasteiger partial charge in [-0.05, 0) is 12.8 Å². The highest BCUT2D eigenvalue weighted by molar-refractivity contribution is 5.74. The molecular formula is C9H15NO3. The first-order valence-electron chi connectivity index (χ1n) is 4.85. The monoisotopic (exact) mass is 185 g/mol. The number of ether oxygens (including phenoxy) is 2. The zero-order chi connectivity index (χ0) is 9.10. The Hall–Kier alpha value is -0.610. The zero-order valence-electron chi connectivity index (χ0n) is 7.62. The Kier molecular flexibility index (Phi) is 2.80. The fraction of sp³-hybridized carbons (Fsp3) is 0.889. The highest BCUT2D eigenvalue weighted by Gasteiger charge is 2.27. The Balaban J connectivity index is 1.63. The molecule has 0 aliphatic carbocycles. The zero-order valence-corrected chi connectivity index (χ0v) is 7.62. The first-order valence-corrected chi connectivity index (χ1v) is 4.85. The standard InChI is InChI=1S/C9H15NO3/c11-9(7-4-10-5-7)13-6-8-2-1-3-12-8/h7-8,10H,1-6H2. The van der Waals surface area contributed by atoms with Gasteiger partial charge in [0.1, 0.15) is 6.61 Å². The lowest BCUT2D eigenvalue weighted by atomic mass is 10.0. The van der Waals surface area contributed by atoms with Gasteiger partial charge in [0.2, 0.25) is 0 Å². The molecule has 0 spiro atoms. The maximum absolute atomic E-state index is 11.3. The van der Waals surface area contributed by atoms with Crippen LogP contribution in [-0.4, -0.2) is 38.4 Å². The summed E-state index contributed by atoms with van der Waals surface area (Å²) in [4.78, 5) is 11.3. The SMILES string of the molecule is O=C(OCC1CCCO1)C1CNC1. The summed E-state index contributed by atoms with van der Waals surface area (Å²) in [5.74, 6) is 0.00986. The molecule has 0 radical (unpaired) electrons. The molecule has 0 aromatic rings. The molecule has 0 amide bonds. The Labute approximate surface area is 77.6 Å². The largest absolute Gasteiger partial charge is 0.463 e. The predicted molar refractivity (Wildman–Crippen MR) is 46.3 cm³/mol. The normalized spacial score (nSPS) is 28.5. The first kappa shape index (κ1) is 8.97. The second kappa shape index (κ2) is 4.07. The van der Waals surface area contributed by atoms with Gasteiger partial charge >= 0.3 is 5.97 Å². The third-order valence-corrected chi connectivity index (χ3v) is 2.55. The molecule has 2 saturated heterocycles. The van der Waals surface area contributed by atoms with Gasteiger partial charge in [-0.2, -0.15) is 0 Å². The summed E-state index contributed by atoms with van der Waals surface area (Å²) in [6.07, 6.45) is 2.26. The molecule has 2 fully saturated rings. The van der Waals surface area contributed by atoms with Crippen LogP contribution in [0.3, 0.4) is 0 Å². The van der Waals surface area contributed by atoms with E-state index >= 15 is 0 Å². The van der Waals surface area contributed by atoms with Gasteiger partial charge in [-0.25, -0.2) is 0 Å². The molecule has 2 aliphatic heterocycles. The molecule has 13 heavy (non-hydrogen) atoms. The maximum atomic E-state index is 11.3. The van der Waals surface area contributed by atoms with Crippen LogP contribution in [0.5, 0.6) is 0 Å². The topological polar surface area (TPSA) is 47.6 Å². The summed E-state index contributed by atoms with van der Waals surface area (Å²) in [6.45, 7) is 2.79. The van der Waals surface area contributed by atoms with Gasteiger partial charge in [-0.3, -0.25) is 4.79 Å².